The Morgan fingerprint density at radius 3 is 1.62 bits per heavy atom. The summed E-state index contributed by atoms with van der Waals surface area (Å²) in [5.74, 6) is 0. The van der Waals surface area contributed by atoms with E-state index in [0.29, 0.717) is 0 Å². The summed E-state index contributed by atoms with van der Waals surface area (Å²) >= 11 is 13.1. The summed E-state index contributed by atoms with van der Waals surface area (Å²) in [4.78, 5) is 2.83. The van der Waals surface area contributed by atoms with Crippen LogP contribution in [0.25, 0.3) is 0 Å². The Hall–Kier alpha value is 0.270. The molecule has 0 spiro atoms. The third-order valence-corrected chi connectivity index (χ3v) is 2.80. The zero-order valence-corrected chi connectivity index (χ0v) is 10.7. The van der Waals surface area contributed by atoms with Gasteiger partial charge in [-0.15, -0.1) is 37.9 Å². The Morgan fingerprint density at radius 1 is 0.923 bits per heavy atom. The largest absolute Gasteiger partial charge is 0.143 e. The maximum absolute atomic E-state index is 4.43. The SMILES string of the molecule is CC(C)(C)c1c(S)cc(S)cc1S. The van der Waals surface area contributed by atoms with Gasteiger partial charge in [0.25, 0.3) is 0 Å². The van der Waals surface area contributed by atoms with Crippen molar-refractivity contribution in [3.05, 3.63) is 17.7 Å². The first kappa shape index (κ1) is 11.3. The molecule has 72 valence electrons. The second-order valence-corrected chi connectivity index (χ2v) is 5.59. The first-order valence-electron chi connectivity index (χ1n) is 4.08. The molecule has 0 radical (unpaired) electrons. The summed E-state index contributed by atoms with van der Waals surface area (Å²) in [5, 5.41) is 0. The van der Waals surface area contributed by atoms with Gasteiger partial charge in [-0.1, -0.05) is 20.8 Å². The van der Waals surface area contributed by atoms with Crippen LogP contribution in [0.15, 0.2) is 26.8 Å². The normalized spacial score (nSPS) is 11.8. The van der Waals surface area contributed by atoms with Crippen LogP contribution in [0.2, 0.25) is 0 Å². The molecule has 0 bridgehead atoms. The van der Waals surface area contributed by atoms with Crippen molar-refractivity contribution in [1.29, 1.82) is 0 Å². The fourth-order valence-corrected chi connectivity index (χ4v) is 3.11. The lowest BCUT2D eigenvalue weighted by atomic mass is 9.87. The van der Waals surface area contributed by atoms with Crippen LogP contribution in [-0.2, 0) is 5.41 Å². The molecule has 0 nitrogen and oxygen atoms in total. The average Bonchev–Trinajstić information content (AvgIpc) is 1.78. The second kappa shape index (κ2) is 3.79. The molecular weight excluding hydrogens is 216 g/mol. The minimum absolute atomic E-state index is 0.0790. The number of benzene rings is 1. The minimum atomic E-state index is 0.0790. The Morgan fingerprint density at radius 2 is 1.31 bits per heavy atom. The van der Waals surface area contributed by atoms with Crippen molar-refractivity contribution in [2.75, 3.05) is 0 Å². The maximum Gasteiger partial charge on any atom is 0.00995 e. The van der Waals surface area contributed by atoms with E-state index in [1.54, 1.807) is 0 Å². The van der Waals surface area contributed by atoms with Crippen LogP contribution in [0.3, 0.4) is 0 Å². The lowest BCUT2D eigenvalue weighted by molar-refractivity contribution is 0.564. The average molecular weight is 230 g/mol. The van der Waals surface area contributed by atoms with Gasteiger partial charge in [0.2, 0.25) is 0 Å². The topological polar surface area (TPSA) is 0 Å². The molecule has 0 N–H and O–H groups in total. The molecule has 0 atom stereocenters. The van der Waals surface area contributed by atoms with Crippen LogP contribution in [-0.4, -0.2) is 0 Å². The quantitative estimate of drug-likeness (QED) is 0.554. The number of hydrogen-bond donors (Lipinski definition) is 3. The summed E-state index contributed by atoms with van der Waals surface area (Å²) < 4.78 is 0. The molecular formula is C10H14S3. The van der Waals surface area contributed by atoms with Gasteiger partial charge in [0.15, 0.2) is 0 Å². The van der Waals surface area contributed by atoms with Gasteiger partial charge in [-0.3, -0.25) is 0 Å². The van der Waals surface area contributed by atoms with Gasteiger partial charge in [-0.2, -0.15) is 0 Å². The molecule has 0 aliphatic rings. The first-order chi connectivity index (χ1) is 5.82. The highest BCUT2D eigenvalue weighted by Crippen LogP contribution is 2.35. The Kier molecular flexibility index (Phi) is 3.31. The van der Waals surface area contributed by atoms with Crippen LogP contribution in [0.4, 0.5) is 0 Å². The van der Waals surface area contributed by atoms with E-state index in [1.807, 2.05) is 12.1 Å². The van der Waals surface area contributed by atoms with Crippen LogP contribution in [0.1, 0.15) is 26.3 Å². The van der Waals surface area contributed by atoms with Gasteiger partial charge >= 0.3 is 0 Å². The summed E-state index contributed by atoms with van der Waals surface area (Å²) in [6, 6.07) is 3.90. The molecule has 1 aromatic rings. The summed E-state index contributed by atoms with van der Waals surface area (Å²) in [6.07, 6.45) is 0. The smallest absolute Gasteiger partial charge is 0.00995 e. The Bertz CT molecular complexity index is 300. The van der Waals surface area contributed by atoms with E-state index in [0.717, 1.165) is 14.7 Å². The van der Waals surface area contributed by atoms with E-state index in [1.165, 1.54) is 5.56 Å². The highest BCUT2D eigenvalue weighted by molar-refractivity contribution is 7.82. The van der Waals surface area contributed by atoms with Crippen molar-refractivity contribution >= 4 is 37.9 Å². The van der Waals surface area contributed by atoms with E-state index in [2.05, 4.69) is 58.7 Å². The van der Waals surface area contributed by atoms with Crippen molar-refractivity contribution in [2.45, 2.75) is 40.9 Å². The molecule has 0 aliphatic carbocycles. The molecule has 0 saturated heterocycles. The molecule has 0 heterocycles. The Labute approximate surface area is 96.4 Å². The molecule has 0 fully saturated rings. The molecule has 0 aromatic heterocycles. The van der Waals surface area contributed by atoms with Gasteiger partial charge in [-0.05, 0) is 23.1 Å². The lowest BCUT2D eigenvalue weighted by Gasteiger charge is -2.23. The van der Waals surface area contributed by atoms with E-state index < -0.39 is 0 Å². The van der Waals surface area contributed by atoms with Crippen molar-refractivity contribution in [3.8, 4) is 0 Å². The zero-order valence-electron chi connectivity index (χ0n) is 8.00. The fourth-order valence-electron chi connectivity index (χ4n) is 1.37. The molecule has 0 unspecified atom stereocenters. The Balaban J connectivity index is 3.38. The number of rotatable bonds is 0. The summed E-state index contributed by atoms with van der Waals surface area (Å²) in [6.45, 7) is 6.46. The number of hydrogen-bond acceptors (Lipinski definition) is 3. The van der Waals surface area contributed by atoms with Gasteiger partial charge in [-0.25, -0.2) is 0 Å². The molecule has 3 heteroatoms. The van der Waals surface area contributed by atoms with Gasteiger partial charge in [0, 0.05) is 14.7 Å². The number of thiol groups is 3. The molecule has 1 rings (SSSR count). The third kappa shape index (κ3) is 2.61. The van der Waals surface area contributed by atoms with Crippen LogP contribution < -0.4 is 0 Å². The van der Waals surface area contributed by atoms with Crippen molar-refractivity contribution in [2.24, 2.45) is 0 Å². The highest BCUT2D eigenvalue weighted by atomic mass is 32.1. The van der Waals surface area contributed by atoms with Gasteiger partial charge in [0.1, 0.15) is 0 Å². The van der Waals surface area contributed by atoms with Crippen LogP contribution in [0, 0.1) is 0 Å². The van der Waals surface area contributed by atoms with E-state index in [4.69, 9.17) is 0 Å². The monoisotopic (exact) mass is 230 g/mol. The van der Waals surface area contributed by atoms with E-state index in [-0.39, 0.29) is 5.41 Å². The molecule has 0 amide bonds. The standard InChI is InChI=1S/C10H14S3/c1-10(2,3)9-7(12)4-6(11)5-8(9)13/h4-5,11-13H,1-3H3. The van der Waals surface area contributed by atoms with Crippen molar-refractivity contribution in [3.63, 3.8) is 0 Å². The fraction of sp³-hybridized carbons (Fsp3) is 0.400. The molecule has 0 aliphatic heterocycles. The molecule has 0 saturated carbocycles. The van der Waals surface area contributed by atoms with E-state index >= 15 is 0 Å². The highest BCUT2D eigenvalue weighted by Gasteiger charge is 2.19. The van der Waals surface area contributed by atoms with Crippen LogP contribution in [0.5, 0.6) is 0 Å². The lowest BCUT2D eigenvalue weighted by Crippen LogP contribution is -2.13. The van der Waals surface area contributed by atoms with Crippen LogP contribution >= 0.6 is 37.9 Å². The summed E-state index contributed by atoms with van der Waals surface area (Å²) in [5.41, 5.74) is 1.26. The molecule has 1 aromatic carbocycles. The van der Waals surface area contributed by atoms with E-state index in [9.17, 15) is 0 Å². The predicted octanol–water partition coefficient (Wildman–Crippen LogP) is 3.85. The maximum atomic E-state index is 4.43. The van der Waals surface area contributed by atoms with Crippen molar-refractivity contribution in [1.82, 2.24) is 0 Å². The van der Waals surface area contributed by atoms with Crippen molar-refractivity contribution < 1.29 is 0 Å². The first-order valence-corrected chi connectivity index (χ1v) is 5.42. The predicted molar refractivity (Wildman–Crippen MR) is 66.9 cm³/mol. The minimum Gasteiger partial charge on any atom is -0.143 e. The summed E-state index contributed by atoms with van der Waals surface area (Å²) in [7, 11) is 0. The van der Waals surface area contributed by atoms with Gasteiger partial charge < -0.3 is 0 Å². The van der Waals surface area contributed by atoms with Gasteiger partial charge in [0.05, 0.1) is 0 Å². The third-order valence-electron chi connectivity index (χ3n) is 1.83. The zero-order chi connectivity index (χ0) is 10.2. The molecule has 13 heavy (non-hydrogen) atoms. The second-order valence-electron chi connectivity index (χ2n) is 4.11.